The van der Waals surface area contributed by atoms with Crippen molar-refractivity contribution in [3.8, 4) is 22.5 Å². The monoisotopic (exact) mass is 366 g/mol. The van der Waals surface area contributed by atoms with Crippen LogP contribution >= 0.6 is 15.9 Å². The molecule has 0 amide bonds. The highest BCUT2D eigenvalue weighted by molar-refractivity contribution is 9.10. The van der Waals surface area contributed by atoms with E-state index in [-0.39, 0.29) is 0 Å². The van der Waals surface area contributed by atoms with E-state index in [0.717, 1.165) is 15.8 Å². The number of aryl methyl sites for hydroxylation is 2. The summed E-state index contributed by atoms with van der Waals surface area (Å²) in [4.78, 5) is 4.22. The Morgan fingerprint density at radius 1 is 1.04 bits per heavy atom. The van der Waals surface area contributed by atoms with E-state index in [1.165, 1.54) is 22.0 Å². The van der Waals surface area contributed by atoms with Crippen LogP contribution in [0, 0.1) is 6.92 Å². The molecular formula is C19H15BrN2O. The van der Waals surface area contributed by atoms with Crippen LogP contribution in [0.25, 0.3) is 33.4 Å². The molecule has 0 aliphatic carbocycles. The highest BCUT2D eigenvalue weighted by Gasteiger charge is 2.15. The summed E-state index contributed by atoms with van der Waals surface area (Å²) in [6, 6.07) is 14.8. The fraction of sp³-hybridized carbons (Fsp3) is 0.105. The number of fused-ring (bicyclic) bond motifs is 1. The average molecular weight is 367 g/mol. The van der Waals surface area contributed by atoms with Gasteiger partial charge in [-0.1, -0.05) is 46.3 Å². The highest BCUT2D eigenvalue weighted by Crippen LogP contribution is 2.36. The van der Waals surface area contributed by atoms with Gasteiger partial charge < -0.3 is 8.98 Å². The normalized spacial score (nSPS) is 11.3. The number of para-hydroxylation sites is 1. The first-order valence-electron chi connectivity index (χ1n) is 7.40. The van der Waals surface area contributed by atoms with Gasteiger partial charge in [0, 0.05) is 41.2 Å². The summed E-state index contributed by atoms with van der Waals surface area (Å²) in [6.07, 6.45) is 3.89. The largest absolute Gasteiger partial charge is 0.441 e. The minimum Gasteiger partial charge on any atom is -0.441 e. The lowest BCUT2D eigenvalue weighted by Crippen LogP contribution is -1.88. The van der Waals surface area contributed by atoms with E-state index < -0.39 is 0 Å². The first-order chi connectivity index (χ1) is 11.1. The van der Waals surface area contributed by atoms with Gasteiger partial charge in [-0.15, -0.1) is 0 Å². The first-order valence-corrected chi connectivity index (χ1v) is 8.19. The molecule has 0 saturated heterocycles. The van der Waals surface area contributed by atoms with Crippen molar-refractivity contribution >= 4 is 26.8 Å². The lowest BCUT2D eigenvalue weighted by molar-refractivity contribution is 0.534. The molecule has 0 saturated carbocycles. The quantitative estimate of drug-likeness (QED) is 0.464. The van der Waals surface area contributed by atoms with Crippen molar-refractivity contribution < 1.29 is 4.42 Å². The van der Waals surface area contributed by atoms with Gasteiger partial charge in [-0.2, -0.15) is 0 Å². The van der Waals surface area contributed by atoms with E-state index in [4.69, 9.17) is 4.42 Å². The summed E-state index contributed by atoms with van der Waals surface area (Å²) in [5.74, 6) is 1.49. The summed E-state index contributed by atoms with van der Waals surface area (Å²) in [7, 11) is 2.07. The number of hydrogen-bond acceptors (Lipinski definition) is 2. The van der Waals surface area contributed by atoms with Gasteiger partial charge in [-0.3, -0.25) is 0 Å². The van der Waals surface area contributed by atoms with Crippen molar-refractivity contribution in [2.45, 2.75) is 6.92 Å². The molecule has 0 radical (unpaired) electrons. The molecule has 114 valence electrons. The number of hydrogen-bond donors (Lipinski definition) is 0. The Hall–Kier alpha value is -2.33. The minimum atomic E-state index is 0.682. The van der Waals surface area contributed by atoms with Gasteiger partial charge in [-0.25, -0.2) is 4.98 Å². The predicted molar refractivity (Wildman–Crippen MR) is 96.3 cm³/mol. The third-order valence-corrected chi connectivity index (χ3v) is 4.57. The van der Waals surface area contributed by atoms with E-state index in [9.17, 15) is 0 Å². The van der Waals surface area contributed by atoms with E-state index >= 15 is 0 Å². The summed E-state index contributed by atoms with van der Waals surface area (Å²) in [5, 5.41) is 1.17. The Labute approximate surface area is 142 Å². The van der Waals surface area contributed by atoms with E-state index in [1.807, 2.05) is 6.92 Å². The summed E-state index contributed by atoms with van der Waals surface area (Å²) >= 11 is 3.49. The molecule has 4 rings (SSSR count). The van der Waals surface area contributed by atoms with Crippen molar-refractivity contribution in [3.63, 3.8) is 0 Å². The molecule has 0 atom stereocenters. The number of halogens is 1. The number of rotatable bonds is 2. The second kappa shape index (κ2) is 5.39. The fourth-order valence-electron chi connectivity index (χ4n) is 3.01. The molecule has 0 unspecified atom stereocenters. The van der Waals surface area contributed by atoms with Gasteiger partial charge in [0.1, 0.15) is 0 Å². The third kappa shape index (κ3) is 2.39. The zero-order valence-corrected chi connectivity index (χ0v) is 14.5. The van der Waals surface area contributed by atoms with E-state index in [1.54, 1.807) is 6.20 Å². The van der Waals surface area contributed by atoms with E-state index in [2.05, 4.69) is 81.2 Å². The maximum atomic E-state index is 5.72. The van der Waals surface area contributed by atoms with Crippen molar-refractivity contribution in [1.82, 2.24) is 9.55 Å². The van der Waals surface area contributed by atoms with E-state index in [0.29, 0.717) is 5.89 Å². The maximum Gasteiger partial charge on any atom is 0.191 e. The Kier molecular flexibility index (Phi) is 3.34. The Morgan fingerprint density at radius 2 is 1.83 bits per heavy atom. The molecule has 4 aromatic rings. The molecule has 0 spiro atoms. The van der Waals surface area contributed by atoms with Crippen molar-refractivity contribution in [2.24, 2.45) is 7.05 Å². The van der Waals surface area contributed by atoms with Crippen LogP contribution in [0.15, 0.2) is 63.7 Å². The maximum absolute atomic E-state index is 5.72. The Balaban J connectivity index is 1.98. The van der Waals surface area contributed by atoms with Gasteiger partial charge in [0.15, 0.2) is 11.7 Å². The van der Waals surface area contributed by atoms with Crippen LogP contribution in [0.3, 0.4) is 0 Å². The lowest BCUT2D eigenvalue weighted by atomic mass is 10.0. The smallest absolute Gasteiger partial charge is 0.191 e. The third-order valence-electron chi connectivity index (χ3n) is 4.04. The molecule has 0 aliphatic heterocycles. The van der Waals surface area contributed by atoms with Crippen LogP contribution in [0.5, 0.6) is 0 Å². The Bertz CT molecular complexity index is 996. The molecular weight excluding hydrogens is 352 g/mol. The SMILES string of the molecule is Cc1ncc(-c2cn(C)c3c(-c4ccc(Br)cc4)cccc23)o1. The van der Waals surface area contributed by atoms with Gasteiger partial charge in [-0.05, 0) is 17.7 Å². The minimum absolute atomic E-state index is 0.682. The first kappa shape index (κ1) is 14.3. The number of nitrogens with zero attached hydrogens (tertiary/aromatic N) is 2. The summed E-state index contributed by atoms with van der Waals surface area (Å²) in [6.45, 7) is 1.86. The Morgan fingerprint density at radius 3 is 2.52 bits per heavy atom. The van der Waals surface area contributed by atoms with Gasteiger partial charge >= 0.3 is 0 Å². The second-order valence-electron chi connectivity index (χ2n) is 5.61. The van der Waals surface area contributed by atoms with Gasteiger partial charge in [0.05, 0.1) is 11.7 Å². The van der Waals surface area contributed by atoms with Gasteiger partial charge in [0.2, 0.25) is 0 Å². The molecule has 3 nitrogen and oxygen atoms in total. The summed E-state index contributed by atoms with van der Waals surface area (Å²) in [5.41, 5.74) is 4.67. The highest BCUT2D eigenvalue weighted by atomic mass is 79.9. The molecule has 0 aliphatic rings. The van der Waals surface area contributed by atoms with Crippen molar-refractivity contribution in [1.29, 1.82) is 0 Å². The predicted octanol–water partition coefficient (Wildman–Crippen LogP) is 5.57. The van der Waals surface area contributed by atoms with Crippen LogP contribution in [-0.2, 0) is 7.05 Å². The molecule has 0 bridgehead atoms. The molecule has 0 N–H and O–H groups in total. The number of benzene rings is 2. The molecule has 2 heterocycles. The molecule has 2 aromatic carbocycles. The van der Waals surface area contributed by atoms with Crippen LogP contribution in [0.1, 0.15) is 5.89 Å². The van der Waals surface area contributed by atoms with Crippen LogP contribution in [-0.4, -0.2) is 9.55 Å². The number of oxazole rings is 1. The van der Waals surface area contributed by atoms with Crippen molar-refractivity contribution in [2.75, 3.05) is 0 Å². The molecule has 2 aromatic heterocycles. The zero-order chi connectivity index (χ0) is 16.0. The molecule has 4 heteroatoms. The zero-order valence-electron chi connectivity index (χ0n) is 12.9. The lowest BCUT2D eigenvalue weighted by Gasteiger charge is -2.07. The average Bonchev–Trinajstić information content (AvgIpc) is 3.12. The van der Waals surface area contributed by atoms with Crippen molar-refractivity contribution in [3.05, 3.63) is 65.2 Å². The number of aromatic nitrogens is 2. The topological polar surface area (TPSA) is 31.0 Å². The fourth-order valence-corrected chi connectivity index (χ4v) is 3.28. The van der Waals surface area contributed by atoms with Gasteiger partial charge in [0.25, 0.3) is 0 Å². The van der Waals surface area contributed by atoms with Crippen LogP contribution in [0.2, 0.25) is 0 Å². The van der Waals surface area contributed by atoms with Crippen LogP contribution in [0.4, 0.5) is 0 Å². The standard InChI is InChI=1S/C19H15BrN2O/c1-12-21-10-18(23-12)17-11-22(2)19-15(4-3-5-16(17)19)13-6-8-14(20)9-7-13/h3-11H,1-2H3. The van der Waals surface area contributed by atoms with Crippen LogP contribution < -0.4 is 0 Å². The second-order valence-corrected chi connectivity index (χ2v) is 6.52. The molecule has 0 fully saturated rings. The summed E-state index contributed by atoms with van der Waals surface area (Å²) < 4.78 is 8.96. The molecule has 23 heavy (non-hydrogen) atoms.